The van der Waals surface area contributed by atoms with E-state index in [0.717, 1.165) is 24.5 Å². The van der Waals surface area contributed by atoms with Gasteiger partial charge in [0.1, 0.15) is 12.7 Å². The molecule has 0 unspecified atom stereocenters. The zero-order valence-electron chi connectivity index (χ0n) is 13.6. The van der Waals surface area contributed by atoms with Crippen LogP contribution in [0.15, 0.2) is 34.7 Å². The highest BCUT2D eigenvalue weighted by molar-refractivity contribution is 7.13. The van der Waals surface area contributed by atoms with Crippen molar-refractivity contribution in [3.63, 3.8) is 0 Å². The van der Waals surface area contributed by atoms with Crippen molar-refractivity contribution < 1.29 is 4.52 Å². The summed E-state index contributed by atoms with van der Waals surface area (Å²) in [5.41, 5.74) is 0. The zero-order valence-corrected chi connectivity index (χ0v) is 14.4. The lowest BCUT2D eigenvalue weighted by Gasteiger charge is -2.35. The summed E-state index contributed by atoms with van der Waals surface area (Å²) in [6.07, 6.45) is 5.77. The van der Waals surface area contributed by atoms with Crippen molar-refractivity contribution in [3.8, 4) is 10.7 Å². The minimum atomic E-state index is 0.129. The van der Waals surface area contributed by atoms with Gasteiger partial charge in [-0.3, -0.25) is 9.58 Å². The number of rotatable bonds is 5. The lowest BCUT2D eigenvalue weighted by Crippen LogP contribution is -2.38. The van der Waals surface area contributed by atoms with Crippen molar-refractivity contribution >= 4 is 11.3 Å². The van der Waals surface area contributed by atoms with E-state index in [-0.39, 0.29) is 6.04 Å². The van der Waals surface area contributed by atoms with Crippen molar-refractivity contribution in [3.05, 3.63) is 36.1 Å². The quantitative estimate of drug-likeness (QED) is 0.709. The van der Waals surface area contributed by atoms with Gasteiger partial charge in [0.05, 0.1) is 10.9 Å². The van der Waals surface area contributed by atoms with Crippen LogP contribution < -0.4 is 0 Å². The zero-order chi connectivity index (χ0) is 16.4. The second-order valence-electron chi connectivity index (χ2n) is 6.23. The van der Waals surface area contributed by atoms with Gasteiger partial charge in [0.2, 0.25) is 11.7 Å². The Morgan fingerprint density at radius 2 is 2.42 bits per heavy atom. The van der Waals surface area contributed by atoms with Crippen LogP contribution in [0, 0.1) is 5.92 Å². The molecule has 1 saturated heterocycles. The van der Waals surface area contributed by atoms with Gasteiger partial charge in [-0.15, -0.1) is 11.3 Å². The number of nitrogens with zero attached hydrogens (tertiary/aromatic N) is 6. The molecule has 0 aromatic carbocycles. The third-order valence-corrected chi connectivity index (χ3v) is 5.42. The Morgan fingerprint density at radius 1 is 1.46 bits per heavy atom. The summed E-state index contributed by atoms with van der Waals surface area (Å²) in [5.74, 6) is 1.95. The lowest BCUT2D eigenvalue weighted by molar-refractivity contribution is 0.102. The lowest BCUT2D eigenvalue weighted by atomic mass is 9.97. The summed E-state index contributed by atoms with van der Waals surface area (Å²) in [6.45, 7) is 5.13. The monoisotopic (exact) mass is 344 g/mol. The molecule has 0 amide bonds. The van der Waals surface area contributed by atoms with Crippen LogP contribution in [0.1, 0.15) is 31.7 Å². The number of aromatic nitrogens is 5. The molecule has 2 atom stereocenters. The van der Waals surface area contributed by atoms with E-state index in [1.54, 1.807) is 24.0 Å². The standard InChI is InChI=1S/C16H20N6OS/c1-12(16-19-15(20-23-16)14-5-3-7-24-14)21-6-2-4-13(8-21)9-22-11-17-10-18-22/h3,5,7,10-13H,2,4,6,8-9H2,1H3/t12-,13-/m1/s1. The van der Waals surface area contributed by atoms with Gasteiger partial charge in [-0.2, -0.15) is 10.1 Å². The highest BCUT2D eigenvalue weighted by Gasteiger charge is 2.28. The Kier molecular flexibility index (Phi) is 4.40. The van der Waals surface area contributed by atoms with E-state index in [9.17, 15) is 0 Å². The normalized spacial score (nSPS) is 20.3. The van der Waals surface area contributed by atoms with Crippen molar-refractivity contribution in [2.45, 2.75) is 32.4 Å². The number of hydrogen-bond donors (Lipinski definition) is 0. The summed E-state index contributed by atoms with van der Waals surface area (Å²) in [5, 5.41) is 10.4. The fraction of sp³-hybridized carbons (Fsp3) is 0.500. The summed E-state index contributed by atoms with van der Waals surface area (Å²) >= 11 is 1.62. The van der Waals surface area contributed by atoms with E-state index in [1.165, 1.54) is 12.8 Å². The van der Waals surface area contributed by atoms with E-state index < -0.39 is 0 Å². The summed E-state index contributed by atoms with van der Waals surface area (Å²) in [6, 6.07) is 4.14. The minimum Gasteiger partial charge on any atom is -0.337 e. The minimum absolute atomic E-state index is 0.129. The Balaban J connectivity index is 1.43. The Bertz CT molecular complexity index is 753. The number of piperidine rings is 1. The average molecular weight is 344 g/mol. The average Bonchev–Trinajstić information content (AvgIpc) is 3.35. The van der Waals surface area contributed by atoms with Crippen molar-refractivity contribution in [1.29, 1.82) is 0 Å². The molecule has 0 spiro atoms. The Hall–Kier alpha value is -2.06. The number of hydrogen-bond acceptors (Lipinski definition) is 7. The summed E-state index contributed by atoms with van der Waals surface area (Å²) in [4.78, 5) is 12.1. The van der Waals surface area contributed by atoms with Gasteiger partial charge in [0.15, 0.2) is 0 Å². The Labute approximate surface area is 144 Å². The van der Waals surface area contributed by atoms with Crippen LogP contribution >= 0.6 is 11.3 Å². The SMILES string of the molecule is C[C@H](c1nc(-c2cccs2)no1)N1CCC[C@@H](Cn2cncn2)C1. The molecule has 0 N–H and O–H groups in total. The molecule has 4 rings (SSSR count). The van der Waals surface area contributed by atoms with E-state index in [1.807, 2.05) is 22.2 Å². The first-order valence-electron chi connectivity index (χ1n) is 8.23. The second-order valence-corrected chi connectivity index (χ2v) is 7.18. The van der Waals surface area contributed by atoms with Gasteiger partial charge < -0.3 is 4.52 Å². The predicted molar refractivity (Wildman–Crippen MR) is 90.3 cm³/mol. The van der Waals surface area contributed by atoms with E-state index in [4.69, 9.17) is 4.52 Å². The van der Waals surface area contributed by atoms with Gasteiger partial charge in [-0.1, -0.05) is 11.2 Å². The molecule has 4 heterocycles. The third kappa shape index (κ3) is 3.25. The molecule has 7 nitrogen and oxygen atoms in total. The molecular weight excluding hydrogens is 324 g/mol. The molecule has 0 radical (unpaired) electrons. The maximum atomic E-state index is 5.52. The molecule has 0 aliphatic carbocycles. The van der Waals surface area contributed by atoms with Crippen LogP contribution in [0.25, 0.3) is 10.7 Å². The smallest absolute Gasteiger partial charge is 0.244 e. The van der Waals surface area contributed by atoms with Crippen LogP contribution in [0.3, 0.4) is 0 Å². The molecule has 8 heteroatoms. The molecule has 1 aliphatic heterocycles. The first kappa shape index (κ1) is 15.5. The maximum Gasteiger partial charge on any atom is 0.244 e. The molecule has 3 aromatic rings. The molecule has 126 valence electrons. The van der Waals surface area contributed by atoms with Crippen molar-refractivity contribution in [2.75, 3.05) is 13.1 Å². The van der Waals surface area contributed by atoms with E-state index in [0.29, 0.717) is 17.6 Å². The van der Waals surface area contributed by atoms with Gasteiger partial charge in [0, 0.05) is 13.1 Å². The molecule has 0 bridgehead atoms. The molecule has 1 fully saturated rings. The highest BCUT2D eigenvalue weighted by atomic mass is 32.1. The molecule has 3 aromatic heterocycles. The second kappa shape index (κ2) is 6.82. The van der Waals surface area contributed by atoms with Crippen LogP contribution in [-0.2, 0) is 6.54 Å². The fourth-order valence-corrected chi connectivity index (χ4v) is 3.91. The fourth-order valence-electron chi connectivity index (χ4n) is 3.26. The predicted octanol–water partition coefficient (Wildman–Crippen LogP) is 2.86. The van der Waals surface area contributed by atoms with Crippen LogP contribution in [0.4, 0.5) is 0 Å². The third-order valence-electron chi connectivity index (χ3n) is 4.55. The van der Waals surface area contributed by atoms with Crippen LogP contribution in [0.5, 0.6) is 0 Å². The highest BCUT2D eigenvalue weighted by Crippen LogP contribution is 2.28. The molecule has 24 heavy (non-hydrogen) atoms. The van der Waals surface area contributed by atoms with E-state index >= 15 is 0 Å². The molecular formula is C16H20N6OS. The van der Waals surface area contributed by atoms with Gasteiger partial charge in [0.25, 0.3) is 0 Å². The largest absolute Gasteiger partial charge is 0.337 e. The topological polar surface area (TPSA) is 72.9 Å². The molecule has 1 aliphatic rings. The van der Waals surface area contributed by atoms with E-state index in [2.05, 4.69) is 32.0 Å². The molecule has 0 saturated carbocycles. The van der Waals surface area contributed by atoms with Gasteiger partial charge in [-0.25, -0.2) is 4.98 Å². The van der Waals surface area contributed by atoms with Gasteiger partial charge in [-0.05, 0) is 43.7 Å². The first-order valence-corrected chi connectivity index (χ1v) is 9.11. The summed E-state index contributed by atoms with van der Waals surface area (Å²) < 4.78 is 7.44. The van der Waals surface area contributed by atoms with Gasteiger partial charge >= 0.3 is 0 Å². The van der Waals surface area contributed by atoms with Crippen molar-refractivity contribution in [1.82, 2.24) is 29.8 Å². The summed E-state index contributed by atoms with van der Waals surface area (Å²) in [7, 11) is 0. The number of thiophene rings is 1. The Morgan fingerprint density at radius 3 is 3.21 bits per heavy atom. The number of likely N-dealkylation sites (tertiary alicyclic amines) is 1. The maximum absolute atomic E-state index is 5.52. The van der Waals surface area contributed by atoms with Crippen molar-refractivity contribution in [2.24, 2.45) is 5.92 Å². The first-order chi connectivity index (χ1) is 11.8. The van der Waals surface area contributed by atoms with Crippen LogP contribution in [0.2, 0.25) is 0 Å². The van der Waals surface area contributed by atoms with Crippen LogP contribution in [-0.4, -0.2) is 42.9 Å².